The van der Waals surface area contributed by atoms with Crippen molar-refractivity contribution in [2.24, 2.45) is 5.73 Å². The van der Waals surface area contributed by atoms with Crippen LogP contribution in [0.15, 0.2) is 11.7 Å². The molecule has 0 aliphatic heterocycles. The third-order valence-corrected chi connectivity index (χ3v) is 1.49. The van der Waals surface area contributed by atoms with E-state index in [9.17, 15) is 0 Å². The fourth-order valence-electron chi connectivity index (χ4n) is 0.343. The van der Waals surface area contributed by atoms with Crippen LogP contribution >= 0.6 is 11.3 Å². The monoisotopic (exact) mass is 144 g/mol. The van der Waals surface area contributed by atoms with Gasteiger partial charge in [0.15, 0.2) is 0 Å². The summed E-state index contributed by atoms with van der Waals surface area (Å²) >= 11 is 1.59. The normalized spacial score (nSPS) is 7.89. The lowest BCUT2D eigenvalue weighted by molar-refractivity contribution is 1.10. The van der Waals surface area contributed by atoms with E-state index in [1.54, 1.807) is 23.0 Å². The molecule has 0 bridgehead atoms. The Balaban J connectivity index is 0.000000291. The molecule has 2 N–H and O–H groups in total. The zero-order chi connectivity index (χ0) is 7.11. The van der Waals surface area contributed by atoms with Crippen LogP contribution in [-0.2, 0) is 6.54 Å². The van der Waals surface area contributed by atoms with Crippen molar-refractivity contribution in [3.8, 4) is 0 Å². The van der Waals surface area contributed by atoms with Gasteiger partial charge in [0.2, 0.25) is 0 Å². The molecular weight excluding hydrogens is 132 g/mol. The highest BCUT2D eigenvalue weighted by atomic mass is 32.1. The van der Waals surface area contributed by atoms with Crippen LogP contribution in [-0.4, -0.2) is 4.98 Å². The van der Waals surface area contributed by atoms with Gasteiger partial charge in [0, 0.05) is 17.6 Å². The zero-order valence-corrected chi connectivity index (χ0v) is 6.61. The van der Waals surface area contributed by atoms with Gasteiger partial charge in [-0.2, -0.15) is 0 Å². The van der Waals surface area contributed by atoms with Gasteiger partial charge in [0.1, 0.15) is 0 Å². The second kappa shape index (κ2) is 5.72. The minimum atomic E-state index is 0.616. The highest BCUT2D eigenvalue weighted by molar-refractivity contribution is 7.09. The Labute approximate surface area is 59.7 Å². The van der Waals surface area contributed by atoms with Crippen molar-refractivity contribution in [1.29, 1.82) is 0 Å². The Hall–Kier alpha value is -0.410. The number of hydrogen-bond donors (Lipinski definition) is 1. The summed E-state index contributed by atoms with van der Waals surface area (Å²) in [6.07, 6.45) is 1.78. The minimum Gasteiger partial charge on any atom is -0.326 e. The number of rotatable bonds is 1. The molecule has 3 heteroatoms. The summed E-state index contributed by atoms with van der Waals surface area (Å²) in [7, 11) is 0. The lowest BCUT2D eigenvalue weighted by Crippen LogP contribution is -1.91. The smallest absolute Gasteiger partial charge is 0.0794 e. The van der Waals surface area contributed by atoms with Crippen molar-refractivity contribution in [1.82, 2.24) is 4.98 Å². The number of aromatic nitrogens is 1. The fraction of sp³-hybridized carbons (Fsp3) is 0.500. The third-order valence-electron chi connectivity index (χ3n) is 0.685. The molecule has 0 aromatic carbocycles. The molecule has 0 unspecified atom stereocenters. The SMILES string of the molecule is CC.NCc1cncs1. The van der Waals surface area contributed by atoms with E-state index < -0.39 is 0 Å². The first-order valence-corrected chi connectivity index (χ1v) is 3.89. The molecule has 52 valence electrons. The van der Waals surface area contributed by atoms with Crippen LogP contribution in [0.3, 0.4) is 0 Å². The molecule has 2 nitrogen and oxygen atoms in total. The van der Waals surface area contributed by atoms with E-state index >= 15 is 0 Å². The summed E-state index contributed by atoms with van der Waals surface area (Å²) in [5.41, 5.74) is 7.04. The summed E-state index contributed by atoms with van der Waals surface area (Å²) < 4.78 is 0. The Morgan fingerprint density at radius 2 is 2.33 bits per heavy atom. The predicted molar refractivity (Wildman–Crippen MR) is 41.4 cm³/mol. The molecule has 9 heavy (non-hydrogen) atoms. The topological polar surface area (TPSA) is 38.9 Å². The summed E-state index contributed by atoms with van der Waals surface area (Å²) in [6, 6.07) is 0. The average molecular weight is 144 g/mol. The van der Waals surface area contributed by atoms with Gasteiger partial charge in [-0.05, 0) is 0 Å². The van der Waals surface area contributed by atoms with Crippen LogP contribution < -0.4 is 5.73 Å². The summed E-state index contributed by atoms with van der Waals surface area (Å²) in [5.74, 6) is 0. The molecule has 0 saturated heterocycles. The molecule has 0 aliphatic rings. The molecule has 1 rings (SSSR count). The van der Waals surface area contributed by atoms with Crippen molar-refractivity contribution >= 4 is 11.3 Å². The molecular formula is C6H12N2S. The van der Waals surface area contributed by atoms with E-state index in [4.69, 9.17) is 5.73 Å². The molecule has 0 spiro atoms. The van der Waals surface area contributed by atoms with E-state index in [1.165, 1.54) is 0 Å². The van der Waals surface area contributed by atoms with Gasteiger partial charge in [0.05, 0.1) is 5.51 Å². The van der Waals surface area contributed by atoms with Gasteiger partial charge in [0.25, 0.3) is 0 Å². The zero-order valence-electron chi connectivity index (χ0n) is 5.79. The standard InChI is InChI=1S/C4H6N2S.C2H6/c5-1-4-2-6-3-7-4;1-2/h2-3H,1,5H2;1-2H3. The van der Waals surface area contributed by atoms with Crippen LogP contribution in [0.2, 0.25) is 0 Å². The van der Waals surface area contributed by atoms with Crippen molar-refractivity contribution in [2.75, 3.05) is 0 Å². The lowest BCUT2D eigenvalue weighted by atomic mass is 10.6. The van der Waals surface area contributed by atoms with E-state index in [1.807, 2.05) is 13.8 Å². The number of hydrogen-bond acceptors (Lipinski definition) is 3. The second-order valence-electron chi connectivity index (χ2n) is 1.17. The largest absolute Gasteiger partial charge is 0.326 e. The van der Waals surface area contributed by atoms with Crippen molar-refractivity contribution in [3.63, 3.8) is 0 Å². The maximum absolute atomic E-state index is 5.26. The van der Waals surface area contributed by atoms with Gasteiger partial charge in [-0.15, -0.1) is 11.3 Å². The molecule has 1 aromatic heterocycles. The second-order valence-corrected chi connectivity index (χ2v) is 2.14. The van der Waals surface area contributed by atoms with E-state index in [0.717, 1.165) is 4.88 Å². The molecule has 1 aromatic rings. The van der Waals surface area contributed by atoms with Crippen molar-refractivity contribution in [3.05, 3.63) is 16.6 Å². The average Bonchev–Trinajstić information content (AvgIpc) is 2.43. The van der Waals surface area contributed by atoms with Crippen LogP contribution in [0.1, 0.15) is 18.7 Å². The molecule has 1 heterocycles. The fourth-order valence-corrected chi connectivity index (χ4v) is 0.818. The van der Waals surface area contributed by atoms with E-state index in [2.05, 4.69) is 4.98 Å². The van der Waals surface area contributed by atoms with Crippen LogP contribution in [0.5, 0.6) is 0 Å². The lowest BCUT2D eigenvalue weighted by Gasteiger charge is -1.77. The Morgan fingerprint density at radius 1 is 1.67 bits per heavy atom. The maximum Gasteiger partial charge on any atom is 0.0794 e. The molecule has 0 atom stereocenters. The first kappa shape index (κ1) is 8.59. The van der Waals surface area contributed by atoms with Gasteiger partial charge < -0.3 is 5.73 Å². The van der Waals surface area contributed by atoms with E-state index in [0.29, 0.717) is 6.54 Å². The number of nitrogens with zero attached hydrogens (tertiary/aromatic N) is 1. The Morgan fingerprint density at radius 3 is 2.56 bits per heavy atom. The molecule has 0 amide bonds. The first-order valence-electron chi connectivity index (χ1n) is 3.01. The highest BCUT2D eigenvalue weighted by Gasteiger charge is 1.84. The van der Waals surface area contributed by atoms with Gasteiger partial charge in [-0.1, -0.05) is 13.8 Å². The molecule has 0 radical (unpaired) electrons. The number of thiazole rings is 1. The Bertz CT molecular complexity index is 126. The summed E-state index contributed by atoms with van der Waals surface area (Å²) in [5, 5.41) is 0. The van der Waals surface area contributed by atoms with Crippen LogP contribution in [0.25, 0.3) is 0 Å². The summed E-state index contributed by atoms with van der Waals surface area (Å²) in [4.78, 5) is 4.97. The minimum absolute atomic E-state index is 0.616. The van der Waals surface area contributed by atoms with E-state index in [-0.39, 0.29) is 0 Å². The highest BCUT2D eigenvalue weighted by Crippen LogP contribution is 2.01. The van der Waals surface area contributed by atoms with Crippen LogP contribution in [0, 0.1) is 0 Å². The third kappa shape index (κ3) is 3.21. The van der Waals surface area contributed by atoms with Gasteiger partial charge >= 0.3 is 0 Å². The Kier molecular flexibility index (Phi) is 5.46. The molecule has 0 aliphatic carbocycles. The number of nitrogens with two attached hydrogens (primary N) is 1. The van der Waals surface area contributed by atoms with Gasteiger partial charge in [-0.25, -0.2) is 0 Å². The van der Waals surface area contributed by atoms with Gasteiger partial charge in [-0.3, -0.25) is 4.98 Å². The van der Waals surface area contributed by atoms with Crippen molar-refractivity contribution < 1.29 is 0 Å². The summed E-state index contributed by atoms with van der Waals surface area (Å²) in [6.45, 7) is 4.62. The predicted octanol–water partition coefficient (Wildman–Crippen LogP) is 1.63. The maximum atomic E-state index is 5.26. The molecule has 0 fully saturated rings. The van der Waals surface area contributed by atoms with Crippen LogP contribution in [0.4, 0.5) is 0 Å². The molecule has 0 saturated carbocycles. The first-order chi connectivity index (χ1) is 4.43. The quantitative estimate of drug-likeness (QED) is 0.650. The van der Waals surface area contributed by atoms with Crippen molar-refractivity contribution in [2.45, 2.75) is 20.4 Å².